The normalized spacial score (nSPS) is 11.6. The molecule has 0 saturated carbocycles. The smallest absolute Gasteiger partial charge is 0.325 e. The van der Waals surface area contributed by atoms with Crippen molar-refractivity contribution in [3.05, 3.63) is 77.9 Å². The van der Waals surface area contributed by atoms with Gasteiger partial charge in [-0.25, -0.2) is 13.8 Å². The molecule has 170 valence electrons. The van der Waals surface area contributed by atoms with Crippen molar-refractivity contribution < 1.29 is 23.4 Å². The zero-order valence-corrected chi connectivity index (χ0v) is 18.3. The summed E-state index contributed by atoms with van der Waals surface area (Å²) >= 11 is 0. The number of aromatic nitrogens is 1. The molecule has 4 rings (SSSR count). The summed E-state index contributed by atoms with van der Waals surface area (Å²) in [5.41, 5.74) is 2.81. The quantitative estimate of drug-likeness (QED) is 0.389. The Hall–Kier alpha value is -4.51. The van der Waals surface area contributed by atoms with Crippen LogP contribution in [0.1, 0.15) is 12.5 Å². The first-order valence-electron chi connectivity index (χ1n) is 10.3. The molecule has 1 unspecified atom stereocenters. The number of pyridine rings is 1. The number of rotatable bonds is 6. The van der Waals surface area contributed by atoms with Crippen molar-refractivity contribution in [2.45, 2.75) is 13.0 Å². The van der Waals surface area contributed by atoms with Gasteiger partial charge in [-0.05, 0) is 48.9 Å². The third-order valence-corrected chi connectivity index (χ3v) is 5.42. The molecule has 1 aromatic heterocycles. The molecule has 0 bridgehead atoms. The van der Waals surface area contributed by atoms with Crippen LogP contribution in [-0.4, -0.2) is 29.2 Å². The molecular weight excluding hydrogens is 440 g/mol. The van der Waals surface area contributed by atoms with Gasteiger partial charge in [-0.1, -0.05) is 24.3 Å². The lowest BCUT2D eigenvalue weighted by atomic mass is 9.98. The highest BCUT2D eigenvalue weighted by Gasteiger charge is 2.21. The molecule has 3 aromatic carbocycles. The number of carboxylic acids is 1. The van der Waals surface area contributed by atoms with Crippen LogP contribution < -0.4 is 10.1 Å². The Bertz CT molecular complexity index is 1450. The fraction of sp³-hybridized carbons (Fsp3) is 0.115. The topological polar surface area (TPSA) is 95.2 Å². The number of halogens is 2. The van der Waals surface area contributed by atoms with E-state index in [-0.39, 0.29) is 11.3 Å². The predicted octanol–water partition coefficient (Wildman–Crippen LogP) is 5.61. The molecule has 0 aliphatic carbocycles. The number of benzene rings is 3. The highest BCUT2D eigenvalue weighted by molar-refractivity contribution is 5.99. The molecule has 8 heteroatoms. The van der Waals surface area contributed by atoms with Crippen LogP contribution in [0.5, 0.6) is 5.75 Å². The van der Waals surface area contributed by atoms with Crippen LogP contribution in [-0.2, 0) is 4.79 Å². The predicted molar refractivity (Wildman–Crippen MR) is 125 cm³/mol. The van der Waals surface area contributed by atoms with Crippen LogP contribution in [0.2, 0.25) is 0 Å². The maximum absolute atomic E-state index is 14.0. The lowest BCUT2D eigenvalue weighted by Crippen LogP contribution is -2.26. The van der Waals surface area contributed by atoms with E-state index in [1.165, 1.54) is 50.4 Å². The second-order valence-electron chi connectivity index (χ2n) is 7.61. The van der Waals surface area contributed by atoms with E-state index in [4.69, 9.17) is 4.74 Å². The molecule has 4 aromatic rings. The van der Waals surface area contributed by atoms with Crippen LogP contribution in [0, 0.1) is 23.0 Å². The van der Waals surface area contributed by atoms with Crippen LogP contribution in [0.25, 0.3) is 33.3 Å². The number of nitrogens with one attached hydrogen (secondary N) is 1. The first-order valence-corrected chi connectivity index (χ1v) is 10.3. The number of ether oxygens (including phenoxy) is 1. The summed E-state index contributed by atoms with van der Waals surface area (Å²) in [6, 6.07) is 16.1. The monoisotopic (exact) mass is 459 g/mol. The standard InChI is InChI=1S/C26H19F2N3O3/c1-14(26(32)33)30-25-20-12-17(27)7-9-22(20)31-24(21(25)13-29)16-5-3-15(4-6-16)19-11-18(28)8-10-23(19)34-2/h3-12,14H,1-2H3,(H,30,31)(H,32,33). The zero-order valence-electron chi connectivity index (χ0n) is 18.3. The number of nitrogens with zero attached hydrogens (tertiary/aromatic N) is 2. The molecule has 34 heavy (non-hydrogen) atoms. The van der Waals surface area contributed by atoms with Crippen LogP contribution in [0.3, 0.4) is 0 Å². The van der Waals surface area contributed by atoms with E-state index < -0.39 is 23.6 Å². The van der Waals surface area contributed by atoms with E-state index in [1.807, 2.05) is 0 Å². The first kappa shape index (κ1) is 22.7. The van der Waals surface area contributed by atoms with Crippen LogP contribution >= 0.6 is 0 Å². The molecule has 0 saturated heterocycles. The number of nitriles is 1. The molecule has 6 nitrogen and oxygen atoms in total. The highest BCUT2D eigenvalue weighted by Crippen LogP contribution is 2.36. The molecule has 1 atom stereocenters. The number of carbonyl (C=O) groups is 1. The Kier molecular flexibility index (Phi) is 6.11. The van der Waals surface area contributed by atoms with Gasteiger partial charge in [0, 0.05) is 16.5 Å². The van der Waals surface area contributed by atoms with Crippen molar-refractivity contribution in [2.24, 2.45) is 0 Å². The Morgan fingerprint density at radius 2 is 1.71 bits per heavy atom. The fourth-order valence-electron chi connectivity index (χ4n) is 3.69. The van der Waals surface area contributed by atoms with Gasteiger partial charge in [0.05, 0.1) is 24.0 Å². The number of fused-ring (bicyclic) bond motifs is 1. The van der Waals surface area contributed by atoms with E-state index in [1.54, 1.807) is 24.3 Å². The van der Waals surface area contributed by atoms with E-state index in [2.05, 4.69) is 16.4 Å². The van der Waals surface area contributed by atoms with Gasteiger partial charge in [0.15, 0.2) is 0 Å². The van der Waals surface area contributed by atoms with Crippen molar-refractivity contribution in [1.29, 1.82) is 5.26 Å². The summed E-state index contributed by atoms with van der Waals surface area (Å²) < 4.78 is 33.1. The second kappa shape index (κ2) is 9.16. The number of anilines is 1. The van der Waals surface area contributed by atoms with E-state index in [0.717, 1.165) is 0 Å². The molecular formula is C26H19F2N3O3. The van der Waals surface area contributed by atoms with Gasteiger partial charge in [0.1, 0.15) is 35.1 Å². The van der Waals surface area contributed by atoms with E-state index in [9.17, 15) is 23.9 Å². The Morgan fingerprint density at radius 1 is 1.06 bits per heavy atom. The van der Waals surface area contributed by atoms with Gasteiger partial charge in [0.25, 0.3) is 0 Å². The minimum absolute atomic E-state index is 0.0855. The number of hydrogen-bond acceptors (Lipinski definition) is 5. The van der Waals surface area contributed by atoms with Crippen molar-refractivity contribution in [3.8, 4) is 34.2 Å². The number of carboxylic acid groups (broad SMARTS) is 1. The zero-order chi connectivity index (χ0) is 24.4. The summed E-state index contributed by atoms with van der Waals surface area (Å²) in [6.45, 7) is 1.43. The van der Waals surface area contributed by atoms with E-state index in [0.29, 0.717) is 39.0 Å². The Balaban J connectivity index is 1.88. The SMILES string of the molecule is COc1ccc(F)cc1-c1ccc(-c2nc3ccc(F)cc3c(NC(C)C(=O)O)c2C#N)cc1. The summed E-state index contributed by atoms with van der Waals surface area (Å²) in [5.74, 6) is -1.56. The molecule has 0 spiro atoms. The molecule has 0 fully saturated rings. The minimum Gasteiger partial charge on any atom is -0.496 e. The van der Waals surface area contributed by atoms with Crippen molar-refractivity contribution in [3.63, 3.8) is 0 Å². The van der Waals surface area contributed by atoms with Crippen LogP contribution in [0.4, 0.5) is 14.5 Å². The largest absolute Gasteiger partial charge is 0.496 e. The fourth-order valence-corrected chi connectivity index (χ4v) is 3.69. The Labute approximate surface area is 194 Å². The summed E-state index contributed by atoms with van der Waals surface area (Å²) in [7, 11) is 1.50. The lowest BCUT2D eigenvalue weighted by Gasteiger charge is -2.17. The molecule has 0 aliphatic heterocycles. The minimum atomic E-state index is -1.12. The average molecular weight is 459 g/mol. The number of hydrogen-bond donors (Lipinski definition) is 2. The molecule has 2 N–H and O–H groups in total. The third-order valence-electron chi connectivity index (χ3n) is 5.42. The van der Waals surface area contributed by atoms with E-state index >= 15 is 0 Å². The van der Waals surface area contributed by atoms with Gasteiger partial charge in [-0.2, -0.15) is 5.26 Å². The van der Waals surface area contributed by atoms with Gasteiger partial charge in [-0.3, -0.25) is 4.79 Å². The maximum Gasteiger partial charge on any atom is 0.325 e. The van der Waals surface area contributed by atoms with Gasteiger partial charge in [-0.15, -0.1) is 0 Å². The van der Waals surface area contributed by atoms with Crippen molar-refractivity contribution in [2.75, 3.05) is 12.4 Å². The van der Waals surface area contributed by atoms with Gasteiger partial charge < -0.3 is 15.2 Å². The molecule has 0 amide bonds. The second-order valence-corrected chi connectivity index (χ2v) is 7.61. The summed E-state index contributed by atoms with van der Waals surface area (Å²) in [6.07, 6.45) is 0. The third kappa shape index (κ3) is 4.24. The summed E-state index contributed by atoms with van der Waals surface area (Å²) in [4.78, 5) is 16.0. The number of methoxy groups -OCH3 is 1. The average Bonchev–Trinajstić information content (AvgIpc) is 2.84. The highest BCUT2D eigenvalue weighted by atomic mass is 19.1. The van der Waals surface area contributed by atoms with Crippen molar-refractivity contribution >= 4 is 22.6 Å². The molecule has 0 radical (unpaired) electrons. The first-order chi connectivity index (χ1) is 16.3. The Morgan fingerprint density at radius 3 is 2.35 bits per heavy atom. The summed E-state index contributed by atoms with van der Waals surface area (Å²) in [5, 5.41) is 22.4. The number of aliphatic carboxylic acids is 1. The van der Waals surface area contributed by atoms with Crippen LogP contribution in [0.15, 0.2) is 60.7 Å². The molecule has 1 heterocycles. The molecule has 0 aliphatic rings. The lowest BCUT2D eigenvalue weighted by molar-refractivity contribution is -0.137. The van der Waals surface area contributed by atoms with Gasteiger partial charge in [0.2, 0.25) is 0 Å². The maximum atomic E-state index is 14.0. The van der Waals surface area contributed by atoms with Crippen molar-refractivity contribution in [1.82, 2.24) is 4.98 Å². The van der Waals surface area contributed by atoms with Gasteiger partial charge >= 0.3 is 5.97 Å².